The molecule has 43 heavy (non-hydrogen) atoms. The van der Waals surface area contributed by atoms with Crippen molar-refractivity contribution in [1.29, 1.82) is 0 Å². The van der Waals surface area contributed by atoms with E-state index in [2.05, 4.69) is 4.99 Å². The number of allylic oxidation sites excluding steroid dienone is 2. The van der Waals surface area contributed by atoms with E-state index in [1.54, 1.807) is 36.7 Å². The molecule has 214 valence electrons. The number of nitrogens with zero attached hydrogens (tertiary/aromatic N) is 4. The average molecular weight is 591 g/mol. The van der Waals surface area contributed by atoms with Crippen molar-refractivity contribution < 1.29 is 13.9 Å². The summed E-state index contributed by atoms with van der Waals surface area (Å²) in [6.45, 7) is 3.70. The van der Waals surface area contributed by atoms with Gasteiger partial charge >= 0.3 is 5.97 Å². The molecule has 0 aliphatic carbocycles. The Bertz CT molecular complexity index is 2040. The van der Waals surface area contributed by atoms with Crippen LogP contribution in [0.15, 0.2) is 118 Å². The highest BCUT2D eigenvalue weighted by Gasteiger charge is 2.30. The second-order valence-corrected chi connectivity index (χ2v) is 10.8. The second-order valence-electron chi connectivity index (χ2n) is 9.83. The molecule has 0 fully saturated rings. The number of esters is 1. The molecule has 2 aromatic heterocycles. The van der Waals surface area contributed by atoms with Gasteiger partial charge in [-0.25, -0.2) is 18.9 Å². The Morgan fingerprint density at radius 3 is 2.42 bits per heavy atom. The Labute approximate surface area is 250 Å². The van der Waals surface area contributed by atoms with Crippen LogP contribution < -0.4 is 14.9 Å². The van der Waals surface area contributed by atoms with Gasteiger partial charge in [0.15, 0.2) is 4.80 Å². The fraction of sp³-hybridized carbons (Fsp3) is 0.118. The molecule has 1 atom stereocenters. The predicted molar refractivity (Wildman–Crippen MR) is 166 cm³/mol. The number of thiazole rings is 1. The SMILES string of the molecule is CCOC(=O)C1=C(C)N=c2s/c(=C\c3cn(-c4ccccc4)nc3-c3ccc(F)cc3)c(=O)n2[C@H]1/C=C/c1ccccc1. The van der Waals surface area contributed by atoms with Crippen molar-refractivity contribution in [3.05, 3.63) is 145 Å². The van der Waals surface area contributed by atoms with E-state index in [0.717, 1.165) is 11.3 Å². The van der Waals surface area contributed by atoms with E-state index >= 15 is 0 Å². The van der Waals surface area contributed by atoms with Crippen LogP contribution in [0.4, 0.5) is 4.39 Å². The van der Waals surface area contributed by atoms with E-state index in [0.29, 0.717) is 37.4 Å². The van der Waals surface area contributed by atoms with Gasteiger partial charge in [0.1, 0.15) is 11.5 Å². The summed E-state index contributed by atoms with van der Waals surface area (Å²) in [4.78, 5) is 32.2. The van der Waals surface area contributed by atoms with Gasteiger partial charge in [-0.15, -0.1) is 0 Å². The Hall–Kier alpha value is -5.15. The van der Waals surface area contributed by atoms with Crippen LogP contribution in [0.3, 0.4) is 0 Å². The van der Waals surface area contributed by atoms with Crippen LogP contribution in [-0.4, -0.2) is 26.9 Å². The van der Waals surface area contributed by atoms with Gasteiger partial charge in [-0.2, -0.15) is 5.10 Å². The molecule has 7 nitrogen and oxygen atoms in total. The van der Waals surface area contributed by atoms with E-state index in [9.17, 15) is 14.0 Å². The molecule has 0 N–H and O–H groups in total. The lowest BCUT2D eigenvalue weighted by Gasteiger charge is -2.21. The minimum atomic E-state index is -0.707. The number of benzene rings is 3. The number of halogens is 1. The van der Waals surface area contributed by atoms with Crippen LogP contribution in [-0.2, 0) is 9.53 Å². The summed E-state index contributed by atoms with van der Waals surface area (Å²) in [5, 5.41) is 4.79. The van der Waals surface area contributed by atoms with Gasteiger partial charge in [0.05, 0.1) is 34.1 Å². The molecule has 1 aliphatic heterocycles. The first-order chi connectivity index (χ1) is 20.9. The fourth-order valence-corrected chi connectivity index (χ4v) is 6.01. The number of ether oxygens (including phenoxy) is 1. The number of aromatic nitrogens is 3. The summed E-state index contributed by atoms with van der Waals surface area (Å²) in [5.41, 5.74) is 4.27. The topological polar surface area (TPSA) is 78.5 Å². The number of carbonyl (C=O) groups is 1. The smallest absolute Gasteiger partial charge is 0.338 e. The first-order valence-corrected chi connectivity index (χ1v) is 14.6. The zero-order valence-corrected chi connectivity index (χ0v) is 24.3. The molecule has 6 rings (SSSR count). The van der Waals surface area contributed by atoms with Crippen LogP contribution in [0.2, 0.25) is 0 Å². The minimum absolute atomic E-state index is 0.201. The van der Waals surface area contributed by atoms with Crippen molar-refractivity contribution in [3.8, 4) is 16.9 Å². The van der Waals surface area contributed by atoms with Crippen molar-refractivity contribution >= 4 is 29.5 Å². The zero-order valence-electron chi connectivity index (χ0n) is 23.5. The summed E-state index contributed by atoms with van der Waals surface area (Å²) in [6, 6.07) is 24.7. The normalized spacial score (nSPS) is 15.0. The van der Waals surface area contributed by atoms with E-state index in [1.807, 2.05) is 79.0 Å². The van der Waals surface area contributed by atoms with Gasteiger partial charge in [0.25, 0.3) is 5.56 Å². The number of rotatable bonds is 7. The Morgan fingerprint density at radius 2 is 1.72 bits per heavy atom. The largest absolute Gasteiger partial charge is 0.463 e. The fourth-order valence-electron chi connectivity index (χ4n) is 4.96. The molecular formula is C34H27FN4O3S. The zero-order chi connectivity index (χ0) is 29.9. The predicted octanol–water partition coefficient (Wildman–Crippen LogP) is 5.46. The molecule has 0 spiro atoms. The molecule has 9 heteroatoms. The van der Waals surface area contributed by atoms with Gasteiger partial charge in [-0.1, -0.05) is 72.0 Å². The number of fused-ring (bicyclic) bond motifs is 1. The van der Waals surface area contributed by atoms with Crippen LogP contribution in [0.25, 0.3) is 29.1 Å². The molecule has 0 amide bonds. The van der Waals surface area contributed by atoms with E-state index in [-0.39, 0.29) is 18.0 Å². The lowest BCUT2D eigenvalue weighted by molar-refractivity contribution is -0.139. The van der Waals surface area contributed by atoms with Gasteiger partial charge in [0.2, 0.25) is 0 Å². The van der Waals surface area contributed by atoms with Crippen LogP contribution in [0.1, 0.15) is 31.0 Å². The molecule has 0 unspecified atom stereocenters. The lowest BCUT2D eigenvalue weighted by Crippen LogP contribution is -2.38. The molecule has 0 bridgehead atoms. The summed E-state index contributed by atoms with van der Waals surface area (Å²) in [6.07, 6.45) is 7.33. The monoisotopic (exact) mass is 590 g/mol. The molecular weight excluding hydrogens is 563 g/mol. The maximum Gasteiger partial charge on any atom is 0.338 e. The molecule has 1 aliphatic rings. The highest BCUT2D eigenvalue weighted by molar-refractivity contribution is 7.07. The standard InChI is InChI=1S/C34H27FN4O3S/c1-3-42-33(41)30-22(2)36-34-39(28(30)19-14-23-10-6-4-7-11-23)32(40)29(43-34)20-25-21-38(27-12-8-5-9-13-27)37-31(25)24-15-17-26(35)18-16-24/h4-21,28H,3H2,1-2H3/b19-14+,29-20-/t28-/m0/s1. The van der Waals surface area contributed by atoms with Crippen molar-refractivity contribution in [1.82, 2.24) is 14.3 Å². The van der Waals surface area contributed by atoms with Gasteiger partial charge in [0, 0.05) is 17.3 Å². The van der Waals surface area contributed by atoms with E-state index in [4.69, 9.17) is 9.84 Å². The van der Waals surface area contributed by atoms with Gasteiger partial charge in [-0.05, 0) is 61.9 Å². The van der Waals surface area contributed by atoms with Crippen molar-refractivity contribution in [2.24, 2.45) is 4.99 Å². The summed E-state index contributed by atoms with van der Waals surface area (Å²) >= 11 is 1.24. The number of hydrogen-bond donors (Lipinski definition) is 0. The number of carbonyl (C=O) groups excluding carboxylic acids is 1. The lowest BCUT2D eigenvalue weighted by atomic mass is 10.0. The highest BCUT2D eigenvalue weighted by atomic mass is 32.1. The van der Waals surface area contributed by atoms with Gasteiger partial charge in [-0.3, -0.25) is 9.36 Å². The van der Waals surface area contributed by atoms with Crippen LogP contribution >= 0.6 is 11.3 Å². The third-order valence-electron chi connectivity index (χ3n) is 7.00. The molecule has 5 aromatic rings. The Morgan fingerprint density at radius 1 is 1.02 bits per heavy atom. The Kier molecular flexibility index (Phi) is 7.81. The summed E-state index contributed by atoms with van der Waals surface area (Å²) in [7, 11) is 0. The second kappa shape index (κ2) is 12.0. The van der Waals surface area contributed by atoms with Crippen LogP contribution in [0, 0.1) is 5.82 Å². The van der Waals surface area contributed by atoms with Crippen molar-refractivity contribution in [3.63, 3.8) is 0 Å². The maximum atomic E-state index is 14.0. The summed E-state index contributed by atoms with van der Waals surface area (Å²) in [5.74, 6) is -0.860. The van der Waals surface area contributed by atoms with E-state index < -0.39 is 12.0 Å². The van der Waals surface area contributed by atoms with Crippen LogP contribution in [0.5, 0.6) is 0 Å². The first-order valence-electron chi connectivity index (χ1n) is 13.8. The molecule has 3 heterocycles. The molecule has 0 radical (unpaired) electrons. The van der Waals surface area contributed by atoms with Crippen molar-refractivity contribution in [2.45, 2.75) is 19.9 Å². The quantitative estimate of drug-likeness (QED) is 0.236. The van der Waals surface area contributed by atoms with Gasteiger partial charge < -0.3 is 4.74 Å². The van der Waals surface area contributed by atoms with E-state index in [1.165, 1.54) is 28.0 Å². The minimum Gasteiger partial charge on any atom is -0.463 e. The number of para-hydroxylation sites is 1. The third-order valence-corrected chi connectivity index (χ3v) is 7.98. The summed E-state index contributed by atoms with van der Waals surface area (Å²) < 4.78 is 22.8. The maximum absolute atomic E-state index is 14.0. The third kappa shape index (κ3) is 5.67. The Balaban J connectivity index is 1.52. The average Bonchev–Trinajstić information content (AvgIpc) is 3.57. The highest BCUT2D eigenvalue weighted by Crippen LogP contribution is 2.27. The molecule has 0 saturated heterocycles. The first kappa shape index (κ1) is 28.0. The molecule has 3 aromatic carbocycles. The van der Waals surface area contributed by atoms with Crippen molar-refractivity contribution in [2.75, 3.05) is 6.61 Å². The molecule has 0 saturated carbocycles. The number of hydrogen-bond acceptors (Lipinski definition) is 6.